The first kappa shape index (κ1) is 14.8. The van der Waals surface area contributed by atoms with Gasteiger partial charge in [0.1, 0.15) is 0 Å². The van der Waals surface area contributed by atoms with Crippen LogP contribution in [-0.2, 0) is 0 Å². The molecule has 0 radical (unpaired) electrons. The van der Waals surface area contributed by atoms with Gasteiger partial charge in [0.15, 0.2) is 5.78 Å². The Hall–Kier alpha value is -2.72. The maximum atomic E-state index is 12.7. The van der Waals surface area contributed by atoms with Gasteiger partial charge in [-0.15, -0.1) is 0 Å². The smallest absolute Gasteiger partial charge is 0.256 e. The molecule has 1 N–H and O–H groups in total. The Morgan fingerprint density at radius 3 is 2.25 bits per heavy atom. The van der Waals surface area contributed by atoms with Gasteiger partial charge in [-0.2, -0.15) is 0 Å². The Labute approximate surface area is 147 Å². The van der Waals surface area contributed by atoms with Gasteiger partial charge in [-0.3, -0.25) is 9.59 Å². The number of halogens is 1. The Balaban J connectivity index is 1.76. The van der Waals surface area contributed by atoms with Gasteiger partial charge in [0.25, 0.3) is 5.91 Å². The summed E-state index contributed by atoms with van der Waals surface area (Å²) < 4.78 is 0.713. The van der Waals surface area contributed by atoms with Crippen molar-refractivity contribution in [3.8, 4) is 11.1 Å². The van der Waals surface area contributed by atoms with E-state index in [9.17, 15) is 9.59 Å². The van der Waals surface area contributed by atoms with Gasteiger partial charge in [0.05, 0.1) is 16.8 Å². The molecule has 3 nitrogen and oxygen atoms in total. The first-order valence-electron chi connectivity index (χ1n) is 7.50. The molecule has 0 saturated heterocycles. The molecule has 24 heavy (non-hydrogen) atoms. The van der Waals surface area contributed by atoms with Gasteiger partial charge in [0, 0.05) is 10.0 Å². The van der Waals surface area contributed by atoms with E-state index in [0.717, 1.165) is 11.1 Å². The molecule has 116 valence electrons. The maximum Gasteiger partial charge on any atom is 0.256 e. The summed E-state index contributed by atoms with van der Waals surface area (Å²) >= 11 is 3.38. The monoisotopic (exact) mass is 377 g/mol. The van der Waals surface area contributed by atoms with Crippen molar-refractivity contribution in [3.05, 3.63) is 87.9 Å². The summed E-state index contributed by atoms with van der Waals surface area (Å²) in [6.45, 7) is 0. The summed E-state index contributed by atoms with van der Waals surface area (Å²) in [5.74, 6) is -0.303. The van der Waals surface area contributed by atoms with Crippen LogP contribution in [0.2, 0.25) is 0 Å². The number of fused-ring (bicyclic) bond motifs is 3. The van der Waals surface area contributed by atoms with Crippen LogP contribution in [0, 0.1) is 0 Å². The second kappa shape index (κ2) is 5.73. The van der Waals surface area contributed by atoms with Gasteiger partial charge < -0.3 is 5.32 Å². The topological polar surface area (TPSA) is 46.2 Å². The number of rotatable bonds is 2. The van der Waals surface area contributed by atoms with Crippen molar-refractivity contribution in [1.29, 1.82) is 0 Å². The zero-order chi connectivity index (χ0) is 16.7. The molecule has 0 bridgehead atoms. The Morgan fingerprint density at radius 1 is 0.792 bits per heavy atom. The number of hydrogen-bond acceptors (Lipinski definition) is 2. The summed E-state index contributed by atoms with van der Waals surface area (Å²) in [6, 6.07) is 20.2. The number of ketones is 1. The zero-order valence-electron chi connectivity index (χ0n) is 12.5. The van der Waals surface area contributed by atoms with Crippen LogP contribution < -0.4 is 5.32 Å². The minimum atomic E-state index is -0.250. The second-order valence-electron chi connectivity index (χ2n) is 5.54. The van der Waals surface area contributed by atoms with Gasteiger partial charge in [-0.25, -0.2) is 0 Å². The molecule has 0 atom stereocenters. The van der Waals surface area contributed by atoms with E-state index in [4.69, 9.17) is 0 Å². The van der Waals surface area contributed by atoms with E-state index in [1.807, 2.05) is 48.5 Å². The molecule has 3 aromatic carbocycles. The van der Waals surface area contributed by atoms with Crippen molar-refractivity contribution in [2.24, 2.45) is 0 Å². The van der Waals surface area contributed by atoms with Crippen LogP contribution in [0.1, 0.15) is 26.3 Å². The quantitative estimate of drug-likeness (QED) is 0.539. The average molecular weight is 378 g/mol. The van der Waals surface area contributed by atoms with Crippen molar-refractivity contribution in [3.63, 3.8) is 0 Å². The third-order valence-corrected chi connectivity index (χ3v) is 4.81. The molecule has 1 amide bonds. The third kappa shape index (κ3) is 2.27. The lowest BCUT2D eigenvalue weighted by molar-refractivity contribution is 0.102. The molecule has 0 heterocycles. The SMILES string of the molecule is O=C(Nc1cccc2c1C(=O)c1ccccc1-2)c1ccccc1Br. The fourth-order valence-corrected chi connectivity index (χ4v) is 3.48. The van der Waals surface area contributed by atoms with Crippen molar-refractivity contribution >= 4 is 33.3 Å². The molecular formula is C20H12BrNO2. The first-order chi connectivity index (χ1) is 11.7. The van der Waals surface area contributed by atoms with Crippen LogP contribution in [0.25, 0.3) is 11.1 Å². The molecule has 4 rings (SSSR count). The molecule has 4 heteroatoms. The molecule has 0 spiro atoms. The molecule has 0 fully saturated rings. The van der Waals surface area contributed by atoms with E-state index in [1.54, 1.807) is 18.2 Å². The number of nitrogens with one attached hydrogen (secondary N) is 1. The number of carbonyl (C=O) groups excluding carboxylic acids is 2. The van der Waals surface area contributed by atoms with E-state index in [1.165, 1.54) is 0 Å². The second-order valence-corrected chi connectivity index (χ2v) is 6.39. The number of amides is 1. The van der Waals surface area contributed by atoms with Gasteiger partial charge in [-0.1, -0.05) is 48.5 Å². The lowest BCUT2D eigenvalue weighted by Gasteiger charge is -2.10. The van der Waals surface area contributed by atoms with Crippen molar-refractivity contribution in [2.45, 2.75) is 0 Å². The van der Waals surface area contributed by atoms with E-state index in [2.05, 4.69) is 21.2 Å². The minimum Gasteiger partial charge on any atom is -0.321 e. The fraction of sp³-hybridized carbons (Fsp3) is 0. The molecule has 0 aromatic heterocycles. The Morgan fingerprint density at radius 2 is 1.46 bits per heavy atom. The third-order valence-electron chi connectivity index (χ3n) is 4.12. The lowest BCUT2D eigenvalue weighted by Crippen LogP contribution is -2.14. The van der Waals surface area contributed by atoms with Crippen LogP contribution >= 0.6 is 15.9 Å². The predicted octanol–water partition coefficient (Wildman–Crippen LogP) is 4.91. The first-order valence-corrected chi connectivity index (χ1v) is 8.29. The number of hydrogen-bond donors (Lipinski definition) is 1. The molecule has 0 aliphatic heterocycles. The van der Waals surface area contributed by atoms with E-state index < -0.39 is 0 Å². The van der Waals surface area contributed by atoms with Crippen LogP contribution in [0.5, 0.6) is 0 Å². The van der Waals surface area contributed by atoms with E-state index >= 15 is 0 Å². The van der Waals surface area contributed by atoms with Crippen molar-refractivity contribution in [1.82, 2.24) is 0 Å². The summed E-state index contributed by atoms with van der Waals surface area (Å²) in [5.41, 5.74) is 4.07. The molecular weight excluding hydrogens is 366 g/mol. The highest BCUT2D eigenvalue weighted by Crippen LogP contribution is 2.40. The molecule has 1 aliphatic rings. The summed E-state index contributed by atoms with van der Waals surface area (Å²) in [7, 11) is 0. The lowest BCUT2D eigenvalue weighted by atomic mass is 10.0. The van der Waals surface area contributed by atoms with Gasteiger partial charge in [0.2, 0.25) is 0 Å². The largest absolute Gasteiger partial charge is 0.321 e. The predicted molar refractivity (Wildman–Crippen MR) is 97.4 cm³/mol. The van der Waals surface area contributed by atoms with Crippen LogP contribution in [0.4, 0.5) is 5.69 Å². The summed E-state index contributed by atoms with van der Waals surface area (Å²) in [6.07, 6.45) is 0. The van der Waals surface area contributed by atoms with Gasteiger partial charge in [-0.05, 0) is 45.3 Å². The highest BCUT2D eigenvalue weighted by atomic mass is 79.9. The molecule has 0 saturated carbocycles. The van der Waals surface area contributed by atoms with Gasteiger partial charge >= 0.3 is 0 Å². The van der Waals surface area contributed by atoms with E-state index in [0.29, 0.717) is 26.9 Å². The molecule has 0 unspecified atom stereocenters. The Kier molecular flexibility index (Phi) is 3.54. The minimum absolute atomic E-state index is 0.0522. The van der Waals surface area contributed by atoms with Crippen molar-refractivity contribution in [2.75, 3.05) is 5.32 Å². The van der Waals surface area contributed by atoms with Crippen LogP contribution in [0.15, 0.2) is 71.2 Å². The van der Waals surface area contributed by atoms with Crippen LogP contribution in [-0.4, -0.2) is 11.7 Å². The highest BCUT2D eigenvalue weighted by Gasteiger charge is 2.29. The van der Waals surface area contributed by atoms with Crippen molar-refractivity contribution < 1.29 is 9.59 Å². The summed E-state index contributed by atoms with van der Waals surface area (Å²) in [5, 5.41) is 2.87. The Bertz CT molecular complexity index is 994. The number of anilines is 1. The molecule has 3 aromatic rings. The maximum absolute atomic E-state index is 12.7. The number of carbonyl (C=O) groups is 2. The molecule has 1 aliphatic carbocycles. The zero-order valence-corrected chi connectivity index (χ0v) is 14.1. The fourth-order valence-electron chi connectivity index (χ4n) is 3.01. The highest BCUT2D eigenvalue weighted by molar-refractivity contribution is 9.10. The van der Waals surface area contributed by atoms with E-state index in [-0.39, 0.29) is 11.7 Å². The van der Waals surface area contributed by atoms with Crippen LogP contribution in [0.3, 0.4) is 0 Å². The normalized spacial score (nSPS) is 11.8. The standard InChI is InChI=1S/C20H12BrNO2/c21-16-10-4-3-8-15(16)20(24)22-17-11-5-9-13-12-6-1-2-7-14(12)19(23)18(13)17/h1-11H,(H,22,24). The summed E-state index contributed by atoms with van der Waals surface area (Å²) in [4.78, 5) is 25.3. The average Bonchev–Trinajstić information content (AvgIpc) is 2.89. The number of benzene rings is 3.